The van der Waals surface area contributed by atoms with E-state index < -0.39 is 224 Å². The number of hydrogen-bond acceptors (Lipinski definition) is 33. The molecule has 30 unspecified atom stereocenters. The molecular weight excluding hydrogens is 954 g/mol. The third-order valence-corrected chi connectivity index (χ3v) is 12.2. The van der Waals surface area contributed by atoms with E-state index in [9.17, 15) is 86.8 Å². The molecule has 0 bridgehead atoms. The molecule has 33 heteroatoms. The van der Waals surface area contributed by atoms with Crippen LogP contribution in [0.25, 0.3) is 0 Å². The maximum absolute atomic E-state index is 10.1. The van der Waals surface area contributed by atoms with E-state index in [1.165, 1.54) is 0 Å². The fraction of sp³-hybridized carbons (Fsp3) is 1.00. The smallest absolute Gasteiger partial charge is 0.187 e. The van der Waals surface area contributed by atoms with Gasteiger partial charge in [0.05, 0.1) is 57.8 Å². The topological polar surface area (TPSA) is 586 Å². The summed E-state index contributed by atoms with van der Waals surface area (Å²) in [4.78, 5) is 0. The van der Waals surface area contributed by atoms with Crippen LogP contribution in [0, 0.1) is 0 Å². The van der Waals surface area contributed by atoms with Gasteiger partial charge in [0.1, 0.15) is 128 Å². The van der Waals surface area contributed by atoms with E-state index in [0.717, 1.165) is 0 Å². The summed E-state index contributed by atoms with van der Waals surface area (Å²) < 4.78 is 46.2. The van der Waals surface area contributed by atoms with Gasteiger partial charge in [-0.2, -0.15) is 0 Å². The van der Waals surface area contributed by atoms with Crippen molar-refractivity contribution in [3.05, 3.63) is 0 Å². The number of nitrogens with two attached hydrogens (primary N) is 3. The van der Waals surface area contributed by atoms with Gasteiger partial charge in [-0.25, -0.2) is 0 Å². The van der Waals surface area contributed by atoms with Crippen LogP contribution in [0.4, 0.5) is 0 Å². The van der Waals surface area contributed by atoms with Gasteiger partial charge >= 0.3 is 0 Å². The Morgan fingerprint density at radius 2 is 0.609 bits per heavy atom. The molecule has 6 aliphatic heterocycles. The lowest BCUT2D eigenvalue weighted by molar-refractivity contribution is -0.344. The zero-order valence-electron chi connectivity index (χ0n) is 36.4. The molecule has 408 valence electrons. The van der Waals surface area contributed by atoms with Crippen molar-refractivity contribution in [2.45, 2.75) is 184 Å². The van der Waals surface area contributed by atoms with Gasteiger partial charge in [-0.15, -0.1) is 0 Å². The molecule has 0 aromatic rings. The monoisotopic (exact) mass is 1020 g/mol. The molecule has 0 radical (unpaired) electrons. The average Bonchev–Trinajstić information content (AvgIpc) is 3.34. The summed E-state index contributed by atoms with van der Waals surface area (Å²) in [5.41, 5.74) is 16.7. The second kappa shape index (κ2) is 26.8. The Kier molecular flexibility index (Phi) is 23.4. The van der Waals surface area contributed by atoms with Crippen molar-refractivity contribution in [3.63, 3.8) is 0 Å². The van der Waals surface area contributed by atoms with Crippen molar-refractivity contribution < 1.29 is 150 Å². The van der Waals surface area contributed by atoms with Crippen molar-refractivity contribution in [2.75, 3.05) is 39.6 Å². The summed E-state index contributed by atoms with van der Waals surface area (Å²) in [5, 5.41) is 202. The predicted octanol–water partition coefficient (Wildman–Crippen LogP) is -16.3. The Hall–Kier alpha value is -1.32. The second-order valence-electron chi connectivity index (χ2n) is 16.9. The van der Waals surface area contributed by atoms with Gasteiger partial charge in [0, 0.05) is 0 Å². The predicted molar refractivity (Wildman–Crippen MR) is 212 cm³/mol. The number of ether oxygens (including phenoxy) is 9. The van der Waals surface area contributed by atoms with Gasteiger partial charge in [0.25, 0.3) is 0 Å². The standard InChI is InChI=1S/3C12H23NO10/c13-5-7(17)10(4(2-15)21-11(5)20)23-12-9(19)8(18)6(16)3(1-14)22-12;13-5-10(7(17)4(2-15)21-11(5)20)23-12-9(19)8(18)6(16)3(1-14)22-12;13-5-8(17)7(16)4(22-11(5)20)2-21-12-10(19)9(18)6(15)3(1-14)23-12/h3*3-12,14-20H,1-2,13H2. The SMILES string of the molecule is NC1C(O)OC(CO)C(O)C1OC1OC(CO)C(O)C(O)C1O.NC1C(O)OC(CO)C(OC2OC(CO)C(O)C(O)C2O)C1O.NC1C(O)OC(COC2OC(CO)C(O)C(O)C2O)C(O)C1O. The summed E-state index contributed by atoms with van der Waals surface area (Å²) in [6, 6.07) is -3.64. The summed E-state index contributed by atoms with van der Waals surface area (Å²) in [6.07, 6.45) is -38.9. The maximum atomic E-state index is 10.1. The molecule has 0 amide bonds. The van der Waals surface area contributed by atoms with Gasteiger partial charge in [0.15, 0.2) is 37.7 Å². The fourth-order valence-electron chi connectivity index (χ4n) is 7.71. The van der Waals surface area contributed by atoms with Gasteiger partial charge in [-0.3, -0.25) is 0 Å². The quantitative estimate of drug-likeness (QED) is 0.0863. The zero-order valence-corrected chi connectivity index (χ0v) is 36.4. The molecule has 6 saturated heterocycles. The molecule has 6 fully saturated rings. The van der Waals surface area contributed by atoms with E-state index in [0.29, 0.717) is 0 Å². The molecule has 0 saturated carbocycles. The Labute approximate surface area is 390 Å². The molecule has 27 N–H and O–H groups in total. The molecule has 6 heterocycles. The molecule has 30 atom stereocenters. The van der Waals surface area contributed by atoms with Crippen molar-refractivity contribution in [1.82, 2.24) is 0 Å². The molecule has 6 rings (SSSR count). The van der Waals surface area contributed by atoms with Crippen molar-refractivity contribution >= 4 is 0 Å². The van der Waals surface area contributed by atoms with Gasteiger partial charge < -0.3 is 167 Å². The Balaban J connectivity index is 0.000000225. The highest BCUT2D eigenvalue weighted by atomic mass is 16.7. The first-order valence-corrected chi connectivity index (χ1v) is 21.5. The van der Waals surface area contributed by atoms with Crippen molar-refractivity contribution in [3.8, 4) is 0 Å². The molecule has 0 spiro atoms. The lowest BCUT2D eigenvalue weighted by Crippen LogP contribution is -2.66. The van der Waals surface area contributed by atoms with E-state index in [-0.39, 0.29) is 0 Å². The lowest BCUT2D eigenvalue weighted by atomic mass is 9.96. The van der Waals surface area contributed by atoms with Crippen molar-refractivity contribution in [2.24, 2.45) is 17.2 Å². The number of hydrogen-bond donors (Lipinski definition) is 24. The van der Waals surface area contributed by atoms with Crippen LogP contribution in [-0.2, 0) is 42.6 Å². The molecule has 69 heavy (non-hydrogen) atoms. The Morgan fingerprint density at radius 3 is 1.04 bits per heavy atom. The minimum Gasteiger partial charge on any atom is -0.394 e. The lowest BCUT2D eigenvalue weighted by Gasteiger charge is -2.45. The molecule has 33 nitrogen and oxygen atoms in total. The normalized spacial score (nSPS) is 51.7. The Morgan fingerprint density at radius 1 is 0.290 bits per heavy atom. The van der Waals surface area contributed by atoms with Crippen molar-refractivity contribution in [1.29, 1.82) is 0 Å². The number of aliphatic hydroxyl groups is 21. The van der Waals surface area contributed by atoms with Gasteiger partial charge in [-0.05, 0) is 0 Å². The van der Waals surface area contributed by atoms with Crippen LogP contribution in [0.1, 0.15) is 0 Å². The summed E-state index contributed by atoms with van der Waals surface area (Å²) in [5.74, 6) is 0. The second-order valence-corrected chi connectivity index (χ2v) is 16.9. The fourth-order valence-corrected chi connectivity index (χ4v) is 7.71. The van der Waals surface area contributed by atoms with E-state index in [1.54, 1.807) is 0 Å². The first-order valence-electron chi connectivity index (χ1n) is 21.5. The van der Waals surface area contributed by atoms with Crippen LogP contribution in [0.15, 0.2) is 0 Å². The first-order chi connectivity index (χ1) is 32.4. The van der Waals surface area contributed by atoms with Gasteiger partial charge in [0.2, 0.25) is 0 Å². The molecule has 0 aromatic heterocycles. The minimum atomic E-state index is -1.68. The summed E-state index contributed by atoms with van der Waals surface area (Å²) >= 11 is 0. The van der Waals surface area contributed by atoms with E-state index in [1.807, 2.05) is 0 Å². The number of aliphatic hydroxyl groups excluding tert-OH is 21. The average molecular weight is 1020 g/mol. The largest absolute Gasteiger partial charge is 0.394 e. The summed E-state index contributed by atoms with van der Waals surface area (Å²) in [7, 11) is 0. The molecule has 6 aliphatic rings. The third kappa shape index (κ3) is 13.9. The van der Waals surface area contributed by atoms with E-state index in [4.69, 9.17) is 80.3 Å². The Bertz CT molecular complexity index is 1440. The number of rotatable bonds is 12. The highest BCUT2D eigenvalue weighted by molar-refractivity contribution is 4.97. The highest BCUT2D eigenvalue weighted by Crippen LogP contribution is 2.30. The first kappa shape index (κ1) is 60.2. The molecule has 0 aliphatic carbocycles. The third-order valence-electron chi connectivity index (χ3n) is 12.2. The van der Waals surface area contributed by atoms with Gasteiger partial charge in [-0.1, -0.05) is 0 Å². The molecular formula is C36H69N3O30. The minimum absolute atomic E-state index is 0.412. The van der Waals surface area contributed by atoms with Crippen LogP contribution in [0.5, 0.6) is 0 Å². The molecule has 0 aromatic carbocycles. The van der Waals surface area contributed by atoms with Crippen LogP contribution in [-0.4, -0.2) is 331 Å². The highest BCUT2D eigenvalue weighted by Gasteiger charge is 2.52. The van der Waals surface area contributed by atoms with Crippen LogP contribution >= 0.6 is 0 Å². The van der Waals surface area contributed by atoms with E-state index in [2.05, 4.69) is 0 Å². The van der Waals surface area contributed by atoms with E-state index >= 15 is 0 Å². The maximum Gasteiger partial charge on any atom is 0.187 e. The zero-order chi connectivity index (χ0) is 51.9. The van der Waals surface area contributed by atoms with Crippen LogP contribution in [0.3, 0.4) is 0 Å². The summed E-state index contributed by atoms with van der Waals surface area (Å²) in [6.45, 7) is -3.54. The van der Waals surface area contributed by atoms with Crippen LogP contribution < -0.4 is 17.2 Å². The van der Waals surface area contributed by atoms with Crippen LogP contribution in [0.2, 0.25) is 0 Å².